The van der Waals surface area contributed by atoms with Gasteiger partial charge >= 0.3 is 5.13 Å². The first-order valence-electron chi connectivity index (χ1n) is 9.56. The van der Waals surface area contributed by atoms with E-state index in [-0.39, 0.29) is 4.90 Å². The summed E-state index contributed by atoms with van der Waals surface area (Å²) in [6, 6.07) is 9.26. The summed E-state index contributed by atoms with van der Waals surface area (Å²) in [6.07, 6.45) is 2.71. The molecule has 4 N–H and O–H groups in total. The molecule has 0 saturated carbocycles. The standard InChI is InChI=1S/C12H13N3O2S.C9H12O3S/c13-12-15(14)7-11(18-12)8-2-3-9-10(6-8)17-5-1-4-16-9;1-6-4-7(2)9(8(3)5-6)13(10,11)12/h2-3,6-7,13H,1,4-5,14H2;4-5H,1-3H3,(H,10,11,12). The molecule has 0 radical (unpaired) electrons. The molecule has 0 spiro atoms. The number of nitrogen functional groups attached to an aromatic ring is 2. The van der Waals surface area contributed by atoms with Gasteiger partial charge in [-0.3, -0.25) is 11.6 Å². The Kier molecular flexibility index (Phi) is 6.73. The monoisotopic (exact) mass is 463 g/mol. The molecule has 3 aromatic rings. The van der Waals surface area contributed by atoms with Crippen LogP contribution in [-0.2, 0) is 10.1 Å². The van der Waals surface area contributed by atoms with E-state index in [1.54, 1.807) is 32.2 Å². The van der Waals surface area contributed by atoms with Crippen LogP contribution in [0, 0.1) is 20.8 Å². The molecule has 2 heterocycles. The third-order valence-electron chi connectivity index (χ3n) is 4.61. The van der Waals surface area contributed by atoms with Crippen LogP contribution in [0.3, 0.4) is 0 Å². The molecule has 2 aromatic carbocycles. The second kappa shape index (κ2) is 9.13. The molecule has 1 aliphatic heterocycles. The quantitative estimate of drug-likeness (QED) is 0.339. The Morgan fingerprint density at radius 3 is 2.19 bits per heavy atom. The number of benzene rings is 2. The summed E-state index contributed by atoms with van der Waals surface area (Å²) in [5.74, 6) is 7.26. The molecule has 0 unspecified atom stereocenters. The Balaban J connectivity index is 0.000000187. The zero-order chi connectivity index (χ0) is 22.8. The fourth-order valence-electron chi connectivity index (χ4n) is 3.39. The molecule has 1 aromatic heterocycles. The third kappa shape index (κ3) is 5.46. The Morgan fingerprint density at radius 1 is 1.03 bits per heavy atom. The lowest BCUT2D eigenvalue weighted by Gasteiger charge is -2.14. The first-order chi connectivity index (χ1) is 14.6. The highest BCUT2D eigenvalue weighted by atomic mass is 32.2. The average Bonchev–Trinajstić information content (AvgIpc) is 2.86. The summed E-state index contributed by atoms with van der Waals surface area (Å²) >= 11 is 1.44. The fraction of sp³-hybridized carbons (Fsp3) is 0.286. The van der Waals surface area contributed by atoms with E-state index in [0.717, 1.165) is 33.9 Å². The predicted molar refractivity (Wildman–Crippen MR) is 119 cm³/mol. The minimum Gasteiger partial charge on any atom is -0.744 e. The zero-order valence-corrected chi connectivity index (χ0v) is 19.2. The van der Waals surface area contributed by atoms with E-state index in [9.17, 15) is 13.0 Å². The van der Waals surface area contributed by atoms with Crippen LogP contribution in [0.1, 0.15) is 23.1 Å². The van der Waals surface area contributed by atoms with Gasteiger partial charge in [-0.05, 0) is 67.0 Å². The Bertz CT molecular complexity index is 1160. The number of nitrogens with two attached hydrogens (primary N) is 2. The third-order valence-corrected chi connectivity index (χ3v) is 6.74. The van der Waals surface area contributed by atoms with Crippen LogP contribution in [-0.4, -0.2) is 26.2 Å². The van der Waals surface area contributed by atoms with Crippen molar-refractivity contribution in [2.45, 2.75) is 32.1 Å². The molecule has 0 fully saturated rings. The summed E-state index contributed by atoms with van der Waals surface area (Å²) in [5, 5.41) is 0.567. The van der Waals surface area contributed by atoms with Gasteiger partial charge in [0.05, 0.1) is 23.0 Å². The highest BCUT2D eigenvalue weighted by molar-refractivity contribution is 7.85. The number of fused-ring (bicyclic) bond motifs is 1. The van der Waals surface area contributed by atoms with Crippen molar-refractivity contribution in [3.8, 4) is 21.9 Å². The lowest BCUT2D eigenvalue weighted by Crippen LogP contribution is -2.44. The van der Waals surface area contributed by atoms with Crippen molar-refractivity contribution >= 4 is 26.6 Å². The average molecular weight is 464 g/mol. The maximum atomic E-state index is 10.8. The lowest BCUT2D eigenvalue weighted by atomic mass is 10.1. The van der Waals surface area contributed by atoms with E-state index in [1.165, 1.54) is 16.0 Å². The van der Waals surface area contributed by atoms with Crippen molar-refractivity contribution in [1.29, 1.82) is 0 Å². The minimum atomic E-state index is -4.33. The molecule has 166 valence electrons. The molecule has 10 heteroatoms. The molecular weight excluding hydrogens is 438 g/mol. The van der Waals surface area contributed by atoms with Crippen LogP contribution < -0.4 is 25.7 Å². The normalized spacial score (nSPS) is 13.2. The molecule has 0 atom stereocenters. The van der Waals surface area contributed by atoms with Crippen molar-refractivity contribution in [2.75, 3.05) is 24.8 Å². The number of rotatable bonds is 2. The number of ether oxygens (including phenoxy) is 2. The van der Waals surface area contributed by atoms with Gasteiger partial charge in [-0.15, -0.1) is 4.68 Å². The first-order valence-corrected chi connectivity index (χ1v) is 11.8. The minimum absolute atomic E-state index is 0.0851. The lowest BCUT2D eigenvalue weighted by molar-refractivity contribution is -0.618. The van der Waals surface area contributed by atoms with Crippen LogP contribution in [0.2, 0.25) is 0 Å². The summed E-state index contributed by atoms with van der Waals surface area (Å²) in [6.45, 7) is 6.50. The van der Waals surface area contributed by atoms with Crippen molar-refractivity contribution in [1.82, 2.24) is 0 Å². The highest BCUT2D eigenvalue weighted by Crippen LogP contribution is 2.35. The van der Waals surface area contributed by atoms with E-state index in [0.29, 0.717) is 29.5 Å². The molecule has 0 aliphatic carbocycles. The second-order valence-corrected chi connectivity index (χ2v) is 9.61. The van der Waals surface area contributed by atoms with Crippen LogP contribution in [0.5, 0.6) is 11.5 Å². The first kappa shape index (κ1) is 22.9. The van der Waals surface area contributed by atoms with Gasteiger partial charge in [-0.2, -0.15) is 0 Å². The molecule has 4 rings (SSSR count). The predicted octanol–water partition coefficient (Wildman–Crippen LogP) is 2.68. The van der Waals surface area contributed by atoms with Gasteiger partial charge in [0, 0.05) is 6.42 Å². The fourth-order valence-corrected chi connectivity index (χ4v) is 5.09. The van der Waals surface area contributed by atoms with Crippen LogP contribution in [0.25, 0.3) is 10.4 Å². The van der Waals surface area contributed by atoms with Gasteiger partial charge in [0.15, 0.2) is 11.5 Å². The second-order valence-electron chi connectivity index (χ2n) is 7.23. The van der Waals surface area contributed by atoms with E-state index in [4.69, 9.17) is 21.1 Å². The summed E-state index contributed by atoms with van der Waals surface area (Å²) < 4.78 is 45.2. The van der Waals surface area contributed by atoms with Crippen molar-refractivity contribution in [3.05, 3.63) is 53.2 Å². The van der Waals surface area contributed by atoms with E-state index >= 15 is 0 Å². The smallest absolute Gasteiger partial charge is 0.355 e. The summed E-state index contributed by atoms with van der Waals surface area (Å²) in [7, 11) is -4.33. The number of nitrogens with zero attached hydrogens (tertiary/aromatic N) is 1. The largest absolute Gasteiger partial charge is 0.744 e. The van der Waals surface area contributed by atoms with Gasteiger partial charge in [0.2, 0.25) is 0 Å². The Hall–Kier alpha value is -2.82. The summed E-state index contributed by atoms with van der Waals surface area (Å²) in [4.78, 5) is 0.920. The maximum Gasteiger partial charge on any atom is 0.355 e. The van der Waals surface area contributed by atoms with Crippen LogP contribution in [0.15, 0.2) is 41.4 Å². The molecule has 31 heavy (non-hydrogen) atoms. The number of thiazole rings is 1. The number of aromatic nitrogens is 1. The number of hydrogen-bond acceptors (Lipinski definition) is 8. The molecule has 0 saturated heterocycles. The zero-order valence-electron chi connectivity index (χ0n) is 17.5. The van der Waals surface area contributed by atoms with E-state index in [2.05, 4.69) is 0 Å². The van der Waals surface area contributed by atoms with E-state index in [1.807, 2.05) is 25.1 Å². The van der Waals surface area contributed by atoms with Gasteiger partial charge < -0.3 is 14.0 Å². The molecule has 0 bridgehead atoms. The van der Waals surface area contributed by atoms with Crippen LogP contribution in [0.4, 0.5) is 5.13 Å². The Morgan fingerprint density at radius 2 is 1.65 bits per heavy atom. The van der Waals surface area contributed by atoms with Crippen molar-refractivity contribution in [2.24, 2.45) is 0 Å². The molecule has 0 amide bonds. The SMILES string of the molecule is Cc1cc(C)c(S(=O)(=O)[O-])c(C)c1.Nc1sc(-c2ccc3c(c2)OCCCO3)c[n+]1N. The van der Waals surface area contributed by atoms with Gasteiger partial charge in [-0.25, -0.2) is 8.42 Å². The highest BCUT2D eigenvalue weighted by Gasteiger charge is 2.15. The van der Waals surface area contributed by atoms with Crippen molar-refractivity contribution < 1.29 is 27.1 Å². The molecular formula is C21H25N3O5S2. The van der Waals surface area contributed by atoms with E-state index < -0.39 is 10.1 Å². The number of anilines is 1. The van der Waals surface area contributed by atoms with Gasteiger partial charge in [0.25, 0.3) is 0 Å². The van der Waals surface area contributed by atoms with Gasteiger partial charge in [0.1, 0.15) is 16.3 Å². The molecule has 1 aliphatic rings. The summed E-state index contributed by atoms with van der Waals surface area (Å²) in [5.41, 5.74) is 8.77. The number of aryl methyl sites for hydroxylation is 3. The topological polar surface area (TPSA) is 132 Å². The number of hydrogen-bond donors (Lipinski definition) is 2. The van der Waals surface area contributed by atoms with Crippen LogP contribution >= 0.6 is 11.3 Å². The van der Waals surface area contributed by atoms with Gasteiger partial charge in [-0.1, -0.05) is 17.7 Å². The Labute approximate surface area is 185 Å². The van der Waals surface area contributed by atoms with Crippen molar-refractivity contribution in [3.63, 3.8) is 0 Å². The maximum absolute atomic E-state index is 10.8. The molecule has 8 nitrogen and oxygen atoms in total.